The molecule has 1 aliphatic carbocycles. The molecule has 0 amide bonds. The third-order valence-electron chi connectivity index (χ3n) is 6.24. The summed E-state index contributed by atoms with van der Waals surface area (Å²) in [4.78, 5) is 14.9. The first kappa shape index (κ1) is 19.2. The van der Waals surface area contributed by atoms with Gasteiger partial charge in [0, 0.05) is 30.0 Å². The maximum absolute atomic E-state index is 10.8. The second-order valence-electron chi connectivity index (χ2n) is 8.26. The second kappa shape index (κ2) is 7.84. The molecule has 0 radical (unpaired) electrons. The molecular weight excluding hydrogens is 386 g/mol. The highest BCUT2D eigenvalue weighted by atomic mass is 16.6. The van der Waals surface area contributed by atoms with Gasteiger partial charge in [-0.25, -0.2) is 0 Å². The molecule has 31 heavy (non-hydrogen) atoms. The molecule has 0 fully saturated rings. The molecule has 1 aliphatic heterocycles. The highest BCUT2D eigenvalue weighted by Crippen LogP contribution is 2.50. The van der Waals surface area contributed by atoms with Crippen LogP contribution in [0.3, 0.4) is 0 Å². The van der Waals surface area contributed by atoms with E-state index in [0.717, 1.165) is 17.7 Å². The van der Waals surface area contributed by atoms with Crippen LogP contribution in [0, 0.1) is 23.0 Å². The molecule has 0 saturated carbocycles. The van der Waals surface area contributed by atoms with Crippen LogP contribution in [0.1, 0.15) is 40.6 Å². The molecule has 1 heterocycles. The zero-order valence-electron chi connectivity index (χ0n) is 17.2. The van der Waals surface area contributed by atoms with E-state index < -0.39 is 4.92 Å². The summed E-state index contributed by atoms with van der Waals surface area (Å²) < 4.78 is 0. The Bertz CT molecular complexity index is 1180. The summed E-state index contributed by atoms with van der Waals surface area (Å²) in [6.07, 6.45) is 7.48. The Morgan fingerprint density at radius 3 is 2.58 bits per heavy atom. The summed E-state index contributed by atoms with van der Waals surface area (Å²) in [6.45, 7) is 2.15. The number of anilines is 1. The van der Waals surface area contributed by atoms with E-state index >= 15 is 0 Å². The molecule has 5 nitrogen and oxygen atoms in total. The van der Waals surface area contributed by atoms with Crippen LogP contribution in [-0.2, 0) is 0 Å². The monoisotopic (exact) mass is 409 g/mol. The minimum absolute atomic E-state index is 0.0814. The first-order valence-electron chi connectivity index (χ1n) is 10.5. The first-order valence-corrected chi connectivity index (χ1v) is 10.5. The van der Waals surface area contributed by atoms with Crippen LogP contribution >= 0.6 is 0 Å². The van der Waals surface area contributed by atoms with Crippen molar-refractivity contribution in [2.45, 2.75) is 25.3 Å². The van der Waals surface area contributed by atoms with E-state index in [1.807, 2.05) is 12.1 Å². The molecule has 0 spiro atoms. The Balaban J connectivity index is 1.35. The number of nitrogens with zero attached hydrogens (tertiary/aromatic N) is 2. The number of non-ortho nitro benzene ring substituents is 1. The van der Waals surface area contributed by atoms with Crippen LogP contribution in [0.2, 0.25) is 0 Å². The summed E-state index contributed by atoms with van der Waals surface area (Å²) in [5.41, 5.74) is 6.96. The van der Waals surface area contributed by atoms with Crippen molar-refractivity contribution in [1.82, 2.24) is 0 Å². The van der Waals surface area contributed by atoms with E-state index in [-0.39, 0.29) is 11.7 Å². The van der Waals surface area contributed by atoms with Gasteiger partial charge in [0.1, 0.15) is 0 Å². The van der Waals surface area contributed by atoms with Gasteiger partial charge in [0.25, 0.3) is 5.69 Å². The van der Waals surface area contributed by atoms with E-state index in [1.54, 1.807) is 18.3 Å². The van der Waals surface area contributed by atoms with Crippen molar-refractivity contribution in [3.8, 4) is 0 Å². The second-order valence-corrected chi connectivity index (χ2v) is 8.26. The van der Waals surface area contributed by atoms with Crippen molar-refractivity contribution >= 4 is 23.3 Å². The van der Waals surface area contributed by atoms with Gasteiger partial charge >= 0.3 is 0 Å². The number of aryl methyl sites for hydroxylation is 1. The Morgan fingerprint density at radius 2 is 1.84 bits per heavy atom. The highest BCUT2D eigenvalue weighted by Gasteiger charge is 2.37. The molecular formula is C26H23N3O2. The fraction of sp³-hybridized carbons (Fsp3) is 0.192. The minimum atomic E-state index is -0.400. The maximum Gasteiger partial charge on any atom is 0.269 e. The molecule has 2 aliphatic rings. The lowest BCUT2D eigenvalue weighted by Gasteiger charge is -2.37. The molecule has 0 unspecified atom stereocenters. The topological polar surface area (TPSA) is 67.5 Å². The number of nitro benzene ring substituents is 1. The fourth-order valence-corrected chi connectivity index (χ4v) is 4.64. The highest BCUT2D eigenvalue weighted by molar-refractivity contribution is 5.82. The lowest BCUT2D eigenvalue weighted by Crippen LogP contribution is -2.29. The number of benzene rings is 3. The van der Waals surface area contributed by atoms with Crippen molar-refractivity contribution in [2.75, 3.05) is 5.32 Å². The van der Waals surface area contributed by atoms with Crippen LogP contribution in [0.25, 0.3) is 0 Å². The quantitative estimate of drug-likeness (QED) is 0.232. The van der Waals surface area contributed by atoms with Crippen molar-refractivity contribution in [3.05, 3.63) is 111 Å². The largest absolute Gasteiger partial charge is 0.378 e. The van der Waals surface area contributed by atoms with Gasteiger partial charge in [-0.1, -0.05) is 42.0 Å². The van der Waals surface area contributed by atoms with Gasteiger partial charge in [-0.3, -0.25) is 15.1 Å². The van der Waals surface area contributed by atoms with Crippen molar-refractivity contribution in [1.29, 1.82) is 0 Å². The number of hydrogen-bond acceptors (Lipinski definition) is 4. The summed E-state index contributed by atoms with van der Waals surface area (Å²) in [7, 11) is 0. The number of hydrogen-bond donors (Lipinski definition) is 1. The molecule has 154 valence electrons. The van der Waals surface area contributed by atoms with Crippen LogP contribution in [-0.4, -0.2) is 11.1 Å². The van der Waals surface area contributed by atoms with E-state index in [4.69, 9.17) is 0 Å². The molecule has 5 rings (SSSR count). The van der Waals surface area contributed by atoms with Gasteiger partial charge in [0.15, 0.2) is 0 Å². The van der Waals surface area contributed by atoms with Crippen molar-refractivity contribution in [3.63, 3.8) is 0 Å². The zero-order valence-corrected chi connectivity index (χ0v) is 17.2. The Morgan fingerprint density at radius 1 is 1.06 bits per heavy atom. The van der Waals surface area contributed by atoms with Gasteiger partial charge in [-0.2, -0.15) is 0 Å². The molecule has 3 atom stereocenters. The fourth-order valence-electron chi connectivity index (χ4n) is 4.64. The minimum Gasteiger partial charge on any atom is -0.378 e. The van der Waals surface area contributed by atoms with Crippen LogP contribution < -0.4 is 5.32 Å². The summed E-state index contributed by atoms with van der Waals surface area (Å²) in [5, 5.41) is 14.5. The number of nitro groups is 1. The first-order chi connectivity index (χ1) is 15.1. The third-order valence-corrected chi connectivity index (χ3v) is 6.24. The standard InChI is InChI=1S/C26H23N3O2/c1-17-5-14-25-24(15-17)22-3-2-4-23(22)26(28-25)19-8-10-20(11-9-19)27-16-18-6-12-21(13-7-18)29(30)31/h2-3,5-16,22-23,26,28H,4H2,1H3/t22-,23+,26+/m1/s1. The summed E-state index contributed by atoms with van der Waals surface area (Å²) in [5.74, 6) is 0.977. The van der Waals surface area contributed by atoms with Gasteiger partial charge in [-0.05, 0) is 66.3 Å². The van der Waals surface area contributed by atoms with Crippen molar-refractivity contribution in [2.24, 2.45) is 10.9 Å². The van der Waals surface area contributed by atoms with Gasteiger partial charge < -0.3 is 5.32 Å². The number of allylic oxidation sites excluding steroid dienone is 2. The predicted molar refractivity (Wildman–Crippen MR) is 124 cm³/mol. The molecule has 5 heteroatoms. The lowest BCUT2D eigenvalue weighted by molar-refractivity contribution is -0.384. The zero-order chi connectivity index (χ0) is 21.4. The average Bonchev–Trinajstić information content (AvgIpc) is 3.28. The summed E-state index contributed by atoms with van der Waals surface area (Å²) in [6, 6.07) is 21.7. The number of nitrogens with one attached hydrogen (secondary N) is 1. The van der Waals surface area contributed by atoms with Gasteiger partial charge in [0.05, 0.1) is 16.7 Å². The van der Waals surface area contributed by atoms with E-state index in [2.05, 4.69) is 59.7 Å². The Hall–Kier alpha value is -3.73. The van der Waals surface area contributed by atoms with E-state index in [1.165, 1.54) is 34.5 Å². The third kappa shape index (κ3) is 3.75. The van der Waals surface area contributed by atoms with Crippen LogP contribution in [0.4, 0.5) is 17.1 Å². The van der Waals surface area contributed by atoms with E-state index in [9.17, 15) is 10.1 Å². The van der Waals surface area contributed by atoms with Gasteiger partial charge in [-0.15, -0.1) is 0 Å². The molecule has 3 aromatic carbocycles. The van der Waals surface area contributed by atoms with Gasteiger partial charge in [0.2, 0.25) is 0 Å². The van der Waals surface area contributed by atoms with Crippen LogP contribution in [0.15, 0.2) is 83.9 Å². The van der Waals surface area contributed by atoms with Crippen LogP contribution in [0.5, 0.6) is 0 Å². The van der Waals surface area contributed by atoms with E-state index in [0.29, 0.717) is 11.8 Å². The SMILES string of the molecule is Cc1ccc2c(c1)[C@@H]1C=CC[C@@H]1[C@H](c1ccc(N=Cc3ccc([N+](=O)[O-])cc3)cc1)N2. The smallest absolute Gasteiger partial charge is 0.269 e. The lowest BCUT2D eigenvalue weighted by atomic mass is 9.76. The molecule has 1 N–H and O–H groups in total. The maximum atomic E-state index is 10.8. The molecule has 0 bridgehead atoms. The number of rotatable bonds is 4. The Labute approximate surface area is 181 Å². The normalized spacial score (nSPS) is 21.5. The predicted octanol–water partition coefficient (Wildman–Crippen LogP) is 6.48. The molecule has 3 aromatic rings. The Kier molecular flexibility index (Phi) is 4.86. The number of aliphatic imine (C=N–C) groups is 1. The number of fused-ring (bicyclic) bond motifs is 3. The molecule has 0 saturated heterocycles. The average molecular weight is 409 g/mol. The summed E-state index contributed by atoms with van der Waals surface area (Å²) >= 11 is 0. The molecule has 0 aromatic heterocycles. The van der Waals surface area contributed by atoms with Crippen molar-refractivity contribution < 1.29 is 4.92 Å².